The van der Waals surface area contributed by atoms with Gasteiger partial charge in [-0.25, -0.2) is 4.98 Å². The molecule has 2 rings (SSSR count). The predicted molar refractivity (Wildman–Crippen MR) is 61.2 cm³/mol. The molecule has 1 atom stereocenters. The zero-order valence-corrected chi connectivity index (χ0v) is 9.72. The summed E-state index contributed by atoms with van der Waals surface area (Å²) in [6.45, 7) is 3.97. The number of nitrogens with one attached hydrogen (secondary N) is 1. The number of benzene rings is 1. The normalized spacial score (nSPS) is 13.3. The van der Waals surface area contributed by atoms with Crippen LogP contribution in [0.3, 0.4) is 0 Å². The lowest BCUT2D eigenvalue weighted by molar-refractivity contribution is 0.455. The highest BCUT2D eigenvalue weighted by Gasteiger charge is 2.13. The quantitative estimate of drug-likeness (QED) is 0.852. The maximum absolute atomic E-state index is 5.95. The molecule has 0 saturated carbocycles. The summed E-state index contributed by atoms with van der Waals surface area (Å²) in [7, 11) is 1.87. The molecule has 1 aromatic heterocycles. The third-order valence-electron chi connectivity index (χ3n) is 2.46. The Balaban J connectivity index is 2.60. The highest BCUT2D eigenvalue weighted by molar-refractivity contribution is 6.31. The van der Waals surface area contributed by atoms with Crippen LogP contribution in [-0.4, -0.2) is 12.0 Å². The molecule has 0 aliphatic heterocycles. The summed E-state index contributed by atoms with van der Waals surface area (Å²) in [6, 6.07) is 3.80. The number of oxazole rings is 1. The van der Waals surface area contributed by atoms with Crippen LogP contribution in [0.15, 0.2) is 16.5 Å². The third-order valence-corrected chi connectivity index (χ3v) is 2.68. The maximum Gasteiger partial charge on any atom is 0.212 e. The van der Waals surface area contributed by atoms with Gasteiger partial charge in [0.2, 0.25) is 5.89 Å². The van der Waals surface area contributed by atoms with E-state index in [2.05, 4.69) is 10.3 Å². The number of hydrogen-bond donors (Lipinski definition) is 1. The van der Waals surface area contributed by atoms with Gasteiger partial charge in [-0.1, -0.05) is 11.6 Å². The Kier molecular flexibility index (Phi) is 2.67. The van der Waals surface area contributed by atoms with Crippen molar-refractivity contribution in [2.45, 2.75) is 19.9 Å². The van der Waals surface area contributed by atoms with Gasteiger partial charge < -0.3 is 9.73 Å². The van der Waals surface area contributed by atoms with Crippen LogP contribution >= 0.6 is 11.6 Å². The van der Waals surface area contributed by atoms with Gasteiger partial charge in [0.25, 0.3) is 0 Å². The fourth-order valence-electron chi connectivity index (χ4n) is 1.48. The molecule has 0 saturated heterocycles. The molecular weight excluding hydrogens is 212 g/mol. The molecule has 1 N–H and O–H groups in total. The van der Waals surface area contributed by atoms with E-state index < -0.39 is 0 Å². The number of fused-ring (bicyclic) bond motifs is 1. The SMILES string of the molecule is CNC(C)c1nc2cc(Cl)cc(C)c2o1. The first kappa shape index (κ1) is 10.5. The summed E-state index contributed by atoms with van der Waals surface area (Å²) in [6.07, 6.45) is 0. The van der Waals surface area contributed by atoms with Gasteiger partial charge in [0.05, 0.1) is 6.04 Å². The number of rotatable bonds is 2. The second-order valence-corrected chi connectivity index (χ2v) is 4.07. The van der Waals surface area contributed by atoms with E-state index in [1.165, 1.54) is 0 Å². The molecule has 1 heterocycles. The van der Waals surface area contributed by atoms with E-state index in [0.717, 1.165) is 16.7 Å². The van der Waals surface area contributed by atoms with Gasteiger partial charge in [0.15, 0.2) is 5.58 Å². The van der Waals surface area contributed by atoms with Crippen molar-refractivity contribution in [3.63, 3.8) is 0 Å². The maximum atomic E-state index is 5.95. The molecular formula is C11H13ClN2O. The molecule has 80 valence electrons. The molecule has 0 aliphatic carbocycles. The molecule has 3 nitrogen and oxygen atoms in total. The number of halogens is 1. The van der Waals surface area contributed by atoms with Crippen molar-refractivity contribution in [2.75, 3.05) is 7.05 Å². The zero-order valence-electron chi connectivity index (χ0n) is 8.97. The van der Waals surface area contributed by atoms with Gasteiger partial charge in [0.1, 0.15) is 5.52 Å². The Morgan fingerprint density at radius 2 is 2.20 bits per heavy atom. The van der Waals surface area contributed by atoms with Gasteiger partial charge in [-0.15, -0.1) is 0 Å². The lowest BCUT2D eigenvalue weighted by Gasteiger charge is -2.02. The monoisotopic (exact) mass is 224 g/mol. The minimum Gasteiger partial charge on any atom is -0.439 e. The number of aryl methyl sites for hydroxylation is 1. The van der Waals surface area contributed by atoms with Gasteiger partial charge >= 0.3 is 0 Å². The van der Waals surface area contributed by atoms with Crippen molar-refractivity contribution in [3.05, 3.63) is 28.6 Å². The van der Waals surface area contributed by atoms with Crippen LogP contribution in [0.4, 0.5) is 0 Å². The van der Waals surface area contributed by atoms with Crippen LogP contribution < -0.4 is 5.32 Å². The molecule has 15 heavy (non-hydrogen) atoms. The molecule has 4 heteroatoms. The topological polar surface area (TPSA) is 38.1 Å². The largest absolute Gasteiger partial charge is 0.439 e. The van der Waals surface area contributed by atoms with Crippen molar-refractivity contribution in [3.8, 4) is 0 Å². The van der Waals surface area contributed by atoms with E-state index in [0.29, 0.717) is 10.9 Å². The Labute approximate surface area is 93.4 Å². The van der Waals surface area contributed by atoms with Crippen LogP contribution in [0.2, 0.25) is 5.02 Å². The Morgan fingerprint density at radius 1 is 1.47 bits per heavy atom. The van der Waals surface area contributed by atoms with Gasteiger partial charge in [-0.05, 0) is 38.6 Å². The van der Waals surface area contributed by atoms with Crippen molar-refractivity contribution < 1.29 is 4.42 Å². The summed E-state index contributed by atoms with van der Waals surface area (Å²) in [4.78, 5) is 4.39. The second kappa shape index (κ2) is 3.83. The Morgan fingerprint density at radius 3 is 2.87 bits per heavy atom. The van der Waals surface area contributed by atoms with E-state index >= 15 is 0 Å². The smallest absolute Gasteiger partial charge is 0.212 e. The summed E-state index contributed by atoms with van der Waals surface area (Å²) < 4.78 is 5.67. The molecule has 0 spiro atoms. The van der Waals surface area contributed by atoms with E-state index in [1.807, 2.05) is 33.0 Å². The highest BCUT2D eigenvalue weighted by atomic mass is 35.5. The Bertz CT molecular complexity index is 493. The molecule has 0 radical (unpaired) electrons. The van der Waals surface area contributed by atoms with Gasteiger partial charge in [-0.2, -0.15) is 0 Å². The lowest BCUT2D eigenvalue weighted by atomic mass is 10.2. The fourth-order valence-corrected chi connectivity index (χ4v) is 1.75. The van der Waals surface area contributed by atoms with Crippen LogP contribution in [0.5, 0.6) is 0 Å². The van der Waals surface area contributed by atoms with Crippen molar-refractivity contribution in [1.29, 1.82) is 0 Å². The predicted octanol–water partition coefficient (Wildman–Crippen LogP) is 3.07. The molecule has 0 aliphatic rings. The average Bonchev–Trinajstić information content (AvgIpc) is 2.60. The van der Waals surface area contributed by atoms with E-state index in [4.69, 9.17) is 16.0 Å². The van der Waals surface area contributed by atoms with E-state index in [1.54, 1.807) is 0 Å². The molecule has 1 aromatic carbocycles. The summed E-state index contributed by atoms with van der Waals surface area (Å²) in [5, 5.41) is 3.78. The van der Waals surface area contributed by atoms with E-state index in [-0.39, 0.29) is 6.04 Å². The minimum absolute atomic E-state index is 0.107. The molecule has 0 bridgehead atoms. The first-order valence-electron chi connectivity index (χ1n) is 4.85. The number of aromatic nitrogens is 1. The minimum atomic E-state index is 0.107. The highest BCUT2D eigenvalue weighted by Crippen LogP contribution is 2.26. The van der Waals surface area contributed by atoms with Crippen molar-refractivity contribution in [1.82, 2.24) is 10.3 Å². The summed E-state index contributed by atoms with van der Waals surface area (Å²) >= 11 is 5.95. The molecule has 0 amide bonds. The second-order valence-electron chi connectivity index (χ2n) is 3.63. The molecule has 2 aromatic rings. The van der Waals surface area contributed by atoms with Crippen molar-refractivity contribution >= 4 is 22.7 Å². The number of hydrogen-bond acceptors (Lipinski definition) is 3. The first-order chi connectivity index (χ1) is 7.11. The Hall–Kier alpha value is -1.06. The molecule has 1 unspecified atom stereocenters. The van der Waals surface area contributed by atoms with Gasteiger partial charge in [0, 0.05) is 5.02 Å². The van der Waals surface area contributed by atoms with Crippen LogP contribution in [0.1, 0.15) is 24.4 Å². The molecule has 0 fully saturated rings. The number of nitrogens with zero attached hydrogens (tertiary/aromatic N) is 1. The van der Waals surface area contributed by atoms with Crippen LogP contribution in [0.25, 0.3) is 11.1 Å². The summed E-state index contributed by atoms with van der Waals surface area (Å²) in [5.74, 6) is 0.692. The van der Waals surface area contributed by atoms with Crippen LogP contribution in [0, 0.1) is 6.92 Å². The first-order valence-corrected chi connectivity index (χ1v) is 5.23. The zero-order chi connectivity index (χ0) is 11.0. The third kappa shape index (κ3) is 1.85. The van der Waals surface area contributed by atoms with Gasteiger partial charge in [-0.3, -0.25) is 0 Å². The standard InChI is InChI=1S/C11H13ClN2O/c1-6-4-8(12)5-9-10(6)15-11(14-9)7(2)13-3/h4-5,7,13H,1-3H3. The van der Waals surface area contributed by atoms with E-state index in [9.17, 15) is 0 Å². The van der Waals surface area contributed by atoms with Crippen LogP contribution in [-0.2, 0) is 0 Å². The van der Waals surface area contributed by atoms with Crippen molar-refractivity contribution in [2.24, 2.45) is 0 Å². The fraction of sp³-hybridized carbons (Fsp3) is 0.364. The average molecular weight is 225 g/mol. The summed E-state index contributed by atoms with van der Waals surface area (Å²) in [5.41, 5.74) is 2.65. The lowest BCUT2D eigenvalue weighted by Crippen LogP contribution is -2.12.